The van der Waals surface area contributed by atoms with Gasteiger partial charge in [-0.2, -0.15) is 0 Å². The number of nitrogens with zero attached hydrogens (tertiary/aromatic N) is 1. The van der Waals surface area contributed by atoms with Gasteiger partial charge in [-0.15, -0.1) is 11.3 Å². The number of aromatic nitrogens is 1. The minimum Gasteiger partial charge on any atom is -0.326 e. The molecule has 0 saturated heterocycles. The van der Waals surface area contributed by atoms with Crippen LogP contribution in [-0.2, 0) is 13.0 Å². The van der Waals surface area contributed by atoms with E-state index in [9.17, 15) is 0 Å². The largest absolute Gasteiger partial charge is 0.326 e. The highest BCUT2D eigenvalue weighted by Crippen LogP contribution is 2.29. The minimum absolute atomic E-state index is 0.537. The molecule has 2 nitrogen and oxygen atoms in total. The van der Waals surface area contributed by atoms with E-state index >= 15 is 0 Å². The summed E-state index contributed by atoms with van der Waals surface area (Å²) in [6.45, 7) is 2.64. The Morgan fingerprint density at radius 2 is 1.71 bits per heavy atom. The Morgan fingerprint density at radius 3 is 2.38 bits per heavy atom. The van der Waals surface area contributed by atoms with Crippen LogP contribution in [0.3, 0.4) is 0 Å². The summed E-state index contributed by atoms with van der Waals surface area (Å²) in [5.74, 6) is 0. The second kappa shape index (κ2) is 6.20. The Morgan fingerprint density at radius 1 is 1.00 bits per heavy atom. The molecule has 106 valence electrons. The monoisotopic (exact) mass is 294 g/mol. The van der Waals surface area contributed by atoms with Crippen LogP contribution < -0.4 is 5.73 Å². The van der Waals surface area contributed by atoms with Crippen molar-refractivity contribution in [2.45, 2.75) is 19.9 Å². The molecule has 0 aliphatic heterocycles. The van der Waals surface area contributed by atoms with Crippen LogP contribution in [0, 0.1) is 6.92 Å². The predicted molar refractivity (Wildman–Crippen MR) is 89.4 cm³/mol. The summed E-state index contributed by atoms with van der Waals surface area (Å²) in [5.41, 5.74) is 10.6. The lowest BCUT2D eigenvalue weighted by atomic mass is 10.1. The molecular weight excluding hydrogens is 276 g/mol. The lowest BCUT2D eigenvalue weighted by molar-refractivity contribution is 1.09. The van der Waals surface area contributed by atoms with Gasteiger partial charge in [0.15, 0.2) is 0 Å². The fourth-order valence-electron chi connectivity index (χ4n) is 2.32. The molecule has 0 aliphatic rings. The first-order valence-electron chi connectivity index (χ1n) is 7.06. The average Bonchev–Trinajstić information content (AvgIpc) is 2.93. The highest BCUT2D eigenvalue weighted by atomic mass is 32.1. The Hall–Kier alpha value is -1.97. The summed E-state index contributed by atoms with van der Waals surface area (Å²) in [6.07, 6.45) is 0.866. The van der Waals surface area contributed by atoms with Gasteiger partial charge in [0.1, 0.15) is 0 Å². The van der Waals surface area contributed by atoms with E-state index in [1.54, 1.807) is 11.3 Å². The fraction of sp³-hybridized carbons (Fsp3) is 0.167. The average molecular weight is 294 g/mol. The van der Waals surface area contributed by atoms with Gasteiger partial charge in [0.05, 0.1) is 10.7 Å². The van der Waals surface area contributed by atoms with Crippen LogP contribution in [0.15, 0.2) is 54.6 Å². The molecule has 0 radical (unpaired) electrons. The Balaban J connectivity index is 1.91. The first-order chi connectivity index (χ1) is 10.3. The van der Waals surface area contributed by atoms with Crippen LogP contribution in [0.2, 0.25) is 0 Å². The zero-order valence-corrected chi connectivity index (χ0v) is 12.9. The SMILES string of the molecule is Cc1ccc(Cc2nc(-c3ccccc3)c(CN)s2)cc1. The maximum Gasteiger partial charge on any atom is 0.0979 e. The molecule has 3 heteroatoms. The number of benzene rings is 2. The van der Waals surface area contributed by atoms with Crippen molar-refractivity contribution >= 4 is 11.3 Å². The topological polar surface area (TPSA) is 38.9 Å². The third kappa shape index (κ3) is 3.20. The standard InChI is InChI=1S/C18H18N2S/c1-13-7-9-14(10-8-13)11-17-20-18(16(12-19)21-17)15-5-3-2-4-6-15/h2-10H,11-12,19H2,1H3. The van der Waals surface area contributed by atoms with Crippen molar-refractivity contribution in [2.24, 2.45) is 5.73 Å². The van der Waals surface area contributed by atoms with E-state index < -0.39 is 0 Å². The Bertz CT molecular complexity index is 715. The van der Waals surface area contributed by atoms with Crippen LogP contribution in [-0.4, -0.2) is 4.98 Å². The van der Waals surface area contributed by atoms with E-state index in [1.807, 2.05) is 18.2 Å². The zero-order chi connectivity index (χ0) is 14.7. The summed E-state index contributed by atoms with van der Waals surface area (Å²) in [7, 11) is 0. The molecule has 21 heavy (non-hydrogen) atoms. The van der Waals surface area contributed by atoms with Gasteiger partial charge in [-0.25, -0.2) is 4.98 Å². The van der Waals surface area contributed by atoms with Crippen molar-refractivity contribution in [3.63, 3.8) is 0 Å². The normalized spacial score (nSPS) is 10.8. The first-order valence-corrected chi connectivity index (χ1v) is 7.87. The molecule has 1 aromatic heterocycles. The third-order valence-electron chi connectivity index (χ3n) is 3.45. The van der Waals surface area contributed by atoms with E-state index in [0.717, 1.165) is 27.6 Å². The van der Waals surface area contributed by atoms with Gasteiger partial charge in [0.25, 0.3) is 0 Å². The summed E-state index contributed by atoms with van der Waals surface area (Å²) in [5, 5.41) is 1.12. The van der Waals surface area contributed by atoms with E-state index in [0.29, 0.717) is 6.54 Å². The van der Waals surface area contributed by atoms with Crippen molar-refractivity contribution in [1.29, 1.82) is 0 Å². The van der Waals surface area contributed by atoms with E-state index in [-0.39, 0.29) is 0 Å². The molecule has 0 saturated carbocycles. The number of nitrogens with two attached hydrogens (primary N) is 1. The molecule has 3 rings (SSSR count). The quantitative estimate of drug-likeness (QED) is 0.784. The predicted octanol–water partition coefficient (Wildman–Crippen LogP) is 4.17. The maximum atomic E-state index is 5.88. The van der Waals surface area contributed by atoms with Crippen LogP contribution in [0.4, 0.5) is 0 Å². The van der Waals surface area contributed by atoms with Gasteiger partial charge in [-0.1, -0.05) is 60.2 Å². The highest BCUT2D eigenvalue weighted by molar-refractivity contribution is 7.12. The minimum atomic E-state index is 0.537. The van der Waals surface area contributed by atoms with E-state index in [2.05, 4.69) is 43.3 Å². The lowest BCUT2D eigenvalue weighted by Crippen LogP contribution is -1.95. The molecule has 2 aromatic carbocycles. The molecule has 0 bridgehead atoms. The number of aryl methyl sites for hydroxylation is 1. The highest BCUT2D eigenvalue weighted by Gasteiger charge is 2.12. The molecule has 0 unspecified atom stereocenters. The third-order valence-corrected chi connectivity index (χ3v) is 4.53. The van der Waals surface area contributed by atoms with Gasteiger partial charge < -0.3 is 5.73 Å². The van der Waals surface area contributed by atoms with Crippen molar-refractivity contribution in [3.05, 3.63) is 75.6 Å². The van der Waals surface area contributed by atoms with E-state index in [1.165, 1.54) is 11.1 Å². The second-order valence-corrected chi connectivity index (χ2v) is 6.28. The van der Waals surface area contributed by atoms with Gasteiger partial charge in [-0.05, 0) is 12.5 Å². The fourth-order valence-corrected chi connectivity index (χ4v) is 3.32. The molecule has 0 fully saturated rings. The van der Waals surface area contributed by atoms with Crippen molar-refractivity contribution in [3.8, 4) is 11.3 Å². The molecule has 1 heterocycles. The molecule has 0 spiro atoms. The van der Waals surface area contributed by atoms with Crippen molar-refractivity contribution < 1.29 is 0 Å². The molecular formula is C18H18N2S. The molecule has 0 amide bonds. The molecule has 0 aliphatic carbocycles. The number of hydrogen-bond donors (Lipinski definition) is 1. The van der Waals surface area contributed by atoms with Crippen molar-refractivity contribution in [2.75, 3.05) is 0 Å². The second-order valence-electron chi connectivity index (χ2n) is 5.11. The molecule has 2 N–H and O–H groups in total. The summed E-state index contributed by atoms with van der Waals surface area (Å²) < 4.78 is 0. The lowest BCUT2D eigenvalue weighted by Gasteiger charge is -1.99. The first kappa shape index (κ1) is 14.0. The van der Waals surface area contributed by atoms with Gasteiger partial charge in [0, 0.05) is 23.4 Å². The number of thiazole rings is 1. The zero-order valence-electron chi connectivity index (χ0n) is 12.0. The number of hydrogen-bond acceptors (Lipinski definition) is 3. The van der Waals surface area contributed by atoms with Gasteiger partial charge in [0.2, 0.25) is 0 Å². The summed E-state index contributed by atoms with van der Waals surface area (Å²) >= 11 is 1.72. The van der Waals surface area contributed by atoms with Gasteiger partial charge in [-0.3, -0.25) is 0 Å². The van der Waals surface area contributed by atoms with Crippen LogP contribution in [0.1, 0.15) is 21.0 Å². The molecule has 3 aromatic rings. The smallest absolute Gasteiger partial charge is 0.0979 e. The van der Waals surface area contributed by atoms with Crippen molar-refractivity contribution in [1.82, 2.24) is 4.98 Å². The molecule has 0 atom stereocenters. The Kier molecular flexibility index (Phi) is 4.13. The van der Waals surface area contributed by atoms with Crippen LogP contribution in [0.25, 0.3) is 11.3 Å². The number of rotatable bonds is 4. The maximum absolute atomic E-state index is 5.88. The summed E-state index contributed by atoms with van der Waals surface area (Å²) in [4.78, 5) is 5.96. The Labute approximate surface area is 129 Å². The van der Waals surface area contributed by atoms with E-state index in [4.69, 9.17) is 10.7 Å². The van der Waals surface area contributed by atoms with Gasteiger partial charge >= 0.3 is 0 Å². The van der Waals surface area contributed by atoms with Crippen LogP contribution >= 0.6 is 11.3 Å². The van der Waals surface area contributed by atoms with Crippen LogP contribution in [0.5, 0.6) is 0 Å². The summed E-state index contributed by atoms with van der Waals surface area (Å²) in [6, 6.07) is 18.9.